The minimum absolute atomic E-state index is 0.273. The maximum Gasteiger partial charge on any atom is 0.163 e. The molecule has 0 saturated heterocycles. The zero-order chi connectivity index (χ0) is 13.8. The smallest absolute Gasteiger partial charge is 0.163 e. The van der Waals surface area contributed by atoms with Crippen LogP contribution in [0.1, 0.15) is 61.9 Å². The molecule has 1 aliphatic rings. The van der Waals surface area contributed by atoms with E-state index >= 15 is 0 Å². The molecule has 0 spiro atoms. The third kappa shape index (κ3) is 3.66. The van der Waals surface area contributed by atoms with Crippen LogP contribution in [0.4, 0.5) is 0 Å². The van der Waals surface area contributed by atoms with Crippen molar-refractivity contribution in [1.82, 2.24) is 0 Å². The molecular formula is C17H24O2. The van der Waals surface area contributed by atoms with E-state index in [1.165, 1.54) is 5.56 Å². The normalized spacial score (nSPS) is 22.3. The van der Waals surface area contributed by atoms with Gasteiger partial charge in [-0.05, 0) is 37.2 Å². The van der Waals surface area contributed by atoms with E-state index in [0.717, 1.165) is 25.0 Å². The standard InChI is InChI=1S/C17H24O2/c1-4-19-16-9-13(10-16)11-17(18)15-7-5-14(6-8-15)12(2)3/h5-8,12-13,16H,4,9-11H2,1-3H3. The largest absolute Gasteiger partial charge is 0.378 e. The van der Waals surface area contributed by atoms with Crippen LogP contribution >= 0.6 is 0 Å². The molecule has 0 N–H and O–H groups in total. The number of Topliss-reactive ketones (excluding diaryl/α,β-unsaturated/α-hetero) is 1. The van der Waals surface area contributed by atoms with E-state index in [-0.39, 0.29) is 5.78 Å². The molecule has 1 fully saturated rings. The van der Waals surface area contributed by atoms with E-state index in [1.54, 1.807) is 0 Å². The van der Waals surface area contributed by atoms with E-state index in [0.29, 0.717) is 24.4 Å². The fourth-order valence-corrected chi connectivity index (χ4v) is 2.65. The molecule has 2 rings (SSSR count). The number of hydrogen-bond donors (Lipinski definition) is 0. The fourth-order valence-electron chi connectivity index (χ4n) is 2.65. The van der Waals surface area contributed by atoms with Crippen molar-refractivity contribution in [2.45, 2.75) is 52.1 Å². The number of ketones is 1. The van der Waals surface area contributed by atoms with Gasteiger partial charge in [0.25, 0.3) is 0 Å². The Labute approximate surface area is 116 Å². The quantitative estimate of drug-likeness (QED) is 0.717. The second kappa shape index (κ2) is 6.33. The molecule has 104 valence electrons. The van der Waals surface area contributed by atoms with Gasteiger partial charge in [-0.15, -0.1) is 0 Å². The Morgan fingerprint density at radius 2 is 1.89 bits per heavy atom. The Morgan fingerprint density at radius 1 is 1.26 bits per heavy atom. The van der Waals surface area contributed by atoms with Gasteiger partial charge in [-0.1, -0.05) is 38.1 Å². The highest BCUT2D eigenvalue weighted by Crippen LogP contribution is 2.33. The second-order valence-corrected chi connectivity index (χ2v) is 5.82. The van der Waals surface area contributed by atoms with Crippen molar-refractivity contribution in [1.29, 1.82) is 0 Å². The van der Waals surface area contributed by atoms with Crippen LogP contribution < -0.4 is 0 Å². The van der Waals surface area contributed by atoms with Crippen LogP contribution in [-0.4, -0.2) is 18.5 Å². The Bertz CT molecular complexity index is 413. The lowest BCUT2D eigenvalue weighted by atomic mass is 9.78. The van der Waals surface area contributed by atoms with Crippen molar-refractivity contribution in [2.75, 3.05) is 6.61 Å². The Hall–Kier alpha value is -1.15. The Balaban J connectivity index is 1.84. The molecule has 0 heterocycles. The van der Waals surface area contributed by atoms with E-state index in [9.17, 15) is 4.79 Å². The first-order valence-electron chi connectivity index (χ1n) is 7.35. The van der Waals surface area contributed by atoms with Gasteiger partial charge in [-0.3, -0.25) is 4.79 Å². The molecule has 0 unspecified atom stereocenters. The molecule has 1 saturated carbocycles. The van der Waals surface area contributed by atoms with Crippen LogP contribution in [0, 0.1) is 5.92 Å². The van der Waals surface area contributed by atoms with E-state index in [2.05, 4.69) is 26.0 Å². The van der Waals surface area contributed by atoms with Gasteiger partial charge in [0, 0.05) is 18.6 Å². The first-order valence-corrected chi connectivity index (χ1v) is 7.35. The summed E-state index contributed by atoms with van der Waals surface area (Å²) in [5.74, 6) is 1.31. The average molecular weight is 260 g/mol. The molecule has 0 aromatic heterocycles. The number of rotatable bonds is 6. The summed E-state index contributed by atoms with van der Waals surface area (Å²) in [5, 5.41) is 0. The Morgan fingerprint density at radius 3 is 2.42 bits per heavy atom. The predicted octanol–water partition coefficient (Wildman–Crippen LogP) is 4.20. The molecule has 1 aliphatic carbocycles. The molecule has 0 radical (unpaired) electrons. The lowest BCUT2D eigenvalue weighted by Crippen LogP contribution is -2.32. The van der Waals surface area contributed by atoms with Crippen molar-refractivity contribution in [3.8, 4) is 0 Å². The van der Waals surface area contributed by atoms with E-state index in [1.807, 2.05) is 19.1 Å². The first-order chi connectivity index (χ1) is 9.10. The molecule has 0 atom stereocenters. The maximum atomic E-state index is 12.2. The SMILES string of the molecule is CCOC1CC(CC(=O)c2ccc(C(C)C)cc2)C1. The number of ether oxygens (including phenoxy) is 1. The van der Waals surface area contributed by atoms with Gasteiger partial charge in [0.1, 0.15) is 0 Å². The highest BCUT2D eigenvalue weighted by molar-refractivity contribution is 5.96. The second-order valence-electron chi connectivity index (χ2n) is 5.82. The van der Waals surface area contributed by atoms with Crippen molar-refractivity contribution in [2.24, 2.45) is 5.92 Å². The zero-order valence-electron chi connectivity index (χ0n) is 12.2. The van der Waals surface area contributed by atoms with E-state index in [4.69, 9.17) is 4.74 Å². The fraction of sp³-hybridized carbons (Fsp3) is 0.588. The molecule has 2 nitrogen and oxygen atoms in total. The predicted molar refractivity (Wildman–Crippen MR) is 77.6 cm³/mol. The van der Waals surface area contributed by atoms with Crippen molar-refractivity contribution < 1.29 is 9.53 Å². The van der Waals surface area contributed by atoms with Gasteiger partial charge >= 0.3 is 0 Å². The van der Waals surface area contributed by atoms with Gasteiger partial charge in [0.2, 0.25) is 0 Å². The summed E-state index contributed by atoms with van der Waals surface area (Å²) in [7, 11) is 0. The van der Waals surface area contributed by atoms with E-state index < -0.39 is 0 Å². The molecule has 1 aromatic rings. The highest BCUT2D eigenvalue weighted by atomic mass is 16.5. The number of carbonyl (C=O) groups is 1. The van der Waals surface area contributed by atoms with Crippen LogP contribution in [0.2, 0.25) is 0 Å². The maximum absolute atomic E-state index is 12.2. The van der Waals surface area contributed by atoms with Gasteiger partial charge in [0.15, 0.2) is 5.78 Å². The summed E-state index contributed by atoms with van der Waals surface area (Å²) in [6.07, 6.45) is 3.16. The average Bonchev–Trinajstić information content (AvgIpc) is 2.36. The topological polar surface area (TPSA) is 26.3 Å². The summed E-state index contributed by atoms with van der Waals surface area (Å²) in [5.41, 5.74) is 2.14. The Kier molecular flexibility index (Phi) is 4.76. The molecule has 1 aromatic carbocycles. The first kappa shape index (κ1) is 14.3. The summed E-state index contributed by atoms with van der Waals surface area (Å²) in [4.78, 5) is 12.2. The molecule has 2 heteroatoms. The molecular weight excluding hydrogens is 236 g/mol. The van der Waals surface area contributed by atoms with Crippen LogP contribution in [0.5, 0.6) is 0 Å². The summed E-state index contributed by atoms with van der Waals surface area (Å²) in [6, 6.07) is 8.08. The van der Waals surface area contributed by atoms with Crippen LogP contribution in [0.3, 0.4) is 0 Å². The molecule has 0 amide bonds. The van der Waals surface area contributed by atoms with Crippen molar-refractivity contribution in [3.63, 3.8) is 0 Å². The lowest BCUT2D eigenvalue weighted by Gasteiger charge is -2.34. The third-order valence-electron chi connectivity index (χ3n) is 3.97. The monoisotopic (exact) mass is 260 g/mol. The van der Waals surface area contributed by atoms with Gasteiger partial charge in [-0.25, -0.2) is 0 Å². The minimum atomic E-state index is 0.273. The molecule has 0 bridgehead atoms. The number of hydrogen-bond acceptors (Lipinski definition) is 2. The summed E-state index contributed by atoms with van der Waals surface area (Å²) >= 11 is 0. The van der Waals surface area contributed by atoms with Crippen molar-refractivity contribution in [3.05, 3.63) is 35.4 Å². The highest BCUT2D eigenvalue weighted by Gasteiger charge is 2.31. The molecule has 19 heavy (non-hydrogen) atoms. The van der Waals surface area contributed by atoms with Gasteiger partial charge in [0.05, 0.1) is 6.10 Å². The van der Waals surface area contributed by atoms with Crippen molar-refractivity contribution >= 4 is 5.78 Å². The third-order valence-corrected chi connectivity index (χ3v) is 3.97. The minimum Gasteiger partial charge on any atom is -0.378 e. The van der Waals surface area contributed by atoms with Crippen LogP contribution in [0.15, 0.2) is 24.3 Å². The molecule has 0 aliphatic heterocycles. The van der Waals surface area contributed by atoms with Gasteiger partial charge < -0.3 is 4.74 Å². The van der Waals surface area contributed by atoms with Crippen LogP contribution in [0.25, 0.3) is 0 Å². The summed E-state index contributed by atoms with van der Waals surface area (Å²) in [6.45, 7) is 7.13. The number of benzene rings is 1. The van der Waals surface area contributed by atoms with Crippen LogP contribution in [-0.2, 0) is 4.74 Å². The number of carbonyl (C=O) groups excluding carboxylic acids is 1. The summed E-state index contributed by atoms with van der Waals surface area (Å²) < 4.78 is 5.53. The van der Waals surface area contributed by atoms with Gasteiger partial charge in [-0.2, -0.15) is 0 Å². The lowest BCUT2D eigenvalue weighted by molar-refractivity contribution is -0.0246. The zero-order valence-corrected chi connectivity index (χ0v) is 12.2.